The Kier molecular flexibility index (Phi) is 5.87. The molecule has 26 heavy (non-hydrogen) atoms. The lowest BCUT2D eigenvalue weighted by Crippen LogP contribution is -2.30. The first-order valence-electron chi connectivity index (χ1n) is 8.18. The van der Waals surface area contributed by atoms with Crippen LogP contribution in [0, 0.1) is 5.82 Å². The van der Waals surface area contributed by atoms with Crippen molar-refractivity contribution in [1.29, 1.82) is 0 Å². The largest absolute Gasteiger partial charge is 0.341 e. The van der Waals surface area contributed by atoms with Crippen LogP contribution in [0.15, 0.2) is 28.6 Å². The van der Waals surface area contributed by atoms with Crippen LogP contribution in [0.25, 0.3) is 0 Å². The fourth-order valence-electron chi connectivity index (χ4n) is 2.42. The first-order valence-corrected chi connectivity index (χ1v) is 9.99. The lowest BCUT2D eigenvalue weighted by Gasteiger charge is -2.16. The Bertz CT molecular complexity index is 792. The number of benzene rings is 1. The summed E-state index contributed by atoms with van der Waals surface area (Å²) in [6, 6.07) is 6.33. The second-order valence-electron chi connectivity index (χ2n) is 6.14. The monoisotopic (exact) mass is 394 g/mol. The number of aromatic nitrogens is 2. The lowest BCUT2D eigenvalue weighted by atomic mass is 10.2. The summed E-state index contributed by atoms with van der Waals surface area (Å²) >= 11 is 2.64. The normalized spacial score (nSPS) is 13.5. The van der Waals surface area contributed by atoms with Crippen molar-refractivity contribution in [3.63, 3.8) is 0 Å². The molecule has 2 amide bonds. The molecule has 9 heteroatoms. The van der Waals surface area contributed by atoms with Crippen LogP contribution in [0.4, 0.5) is 9.52 Å². The molecular formula is C17H19FN4O2S2. The second kappa shape index (κ2) is 8.13. The van der Waals surface area contributed by atoms with E-state index in [1.165, 1.54) is 42.2 Å². The third-order valence-electron chi connectivity index (χ3n) is 3.93. The zero-order chi connectivity index (χ0) is 18.7. The minimum absolute atomic E-state index is 0.0321. The van der Waals surface area contributed by atoms with Crippen molar-refractivity contribution in [1.82, 2.24) is 15.1 Å². The Labute approximate surface area is 159 Å². The van der Waals surface area contributed by atoms with Crippen molar-refractivity contribution in [3.05, 3.63) is 35.6 Å². The summed E-state index contributed by atoms with van der Waals surface area (Å²) in [6.45, 7) is 1.95. The van der Waals surface area contributed by atoms with Gasteiger partial charge in [0.2, 0.25) is 16.9 Å². The number of thioether (sulfide) groups is 1. The number of hydrogen-bond acceptors (Lipinski definition) is 6. The number of anilines is 1. The molecule has 0 atom stereocenters. The zero-order valence-corrected chi connectivity index (χ0v) is 16.1. The van der Waals surface area contributed by atoms with Gasteiger partial charge in [-0.15, -0.1) is 10.2 Å². The molecule has 1 aromatic heterocycles. The molecule has 1 saturated carbocycles. The van der Waals surface area contributed by atoms with Gasteiger partial charge in [-0.3, -0.25) is 14.5 Å². The van der Waals surface area contributed by atoms with E-state index in [-0.39, 0.29) is 29.4 Å². The van der Waals surface area contributed by atoms with E-state index in [1.807, 2.05) is 0 Å². The highest BCUT2D eigenvalue weighted by atomic mass is 32.2. The number of carbonyl (C=O) groups excluding carboxylic acids is 2. The Morgan fingerprint density at radius 1 is 1.27 bits per heavy atom. The van der Waals surface area contributed by atoms with E-state index in [0.29, 0.717) is 16.0 Å². The fourth-order valence-corrected chi connectivity index (χ4v) is 4.32. The smallest absolute Gasteiger partial charge is 0.233 e. The third-order valence-corrected chi connectivity index (χ3v) is 5.97. The molecule has 1 aliphatic rings. The van der Waals surface area contributed by atoms with Gasteiger partial charge in [-0.2, -0.15) is 0 Å². The first-order chi connectivity index (χ1) is 12.4. The number of carbonyl (C=O) groups is 2. The van der Waals surface area contributed by atoms with Crippen LogP contribution in [-0.2, 0) is 16.1 Å². The maximum Gasteiger partial charge on any atom is 0.233 e. The Balaban J connectivity index is 1.52. The van der Waals surface area contributed by atoms with Crippen LogP contribution in [0.3, 0.4) is 0 Å². The third kappa shape index (κ3) is 4.79. The van der Waals surface area contributed by atoms with E-state index in [2.05, 4.69) is 10.2 Å². The van der Waals surface area contributed by atoms with E-state index in [1.54, 1.807) is 29.0 Å². The molecule has 0 bridgehead atoms. The van der Waals surface area contributed by atoms with E-state index in [9.17, 15) is 14.0 Å². The number of amides is 2. The molecule has 0 saturated heterocycles. The van der Waals surface area contributed by atoms with E-state index >= 15 is 0 Å². The molecule has 1 fully saturated rings. The Morgan fingerprint density at radius 3 is 2.58 bits per heavy atom. The number of nitrogens with zero attached hydrogens (tertiary/aromatic N) is 4. The molecule has 138 valence electrons. The molecule has 2 aromatic rings. The summed E-state index contributed by atoms with van der Waals surface area (Å²) in [5, 5.41) is 8.76. The zero-order valence-electron chi connectivity index (χ0n) is 14.5. The molecule has 0 spiro atoms. The molecule has 1 heterocycles. The summed E-state index contributed by atoms with van der Waals surface area (Å²) in [6.07, 6.45) is 1.99. The average molecular weight is 394 g/mol. The highest BCUT2D eigenvalue weighted by Gasteiger charge is 2.34. The van der Waals surface area contributed by atoms with Crippen molar-refractivity contribution < 1.29 is 14.0 Å². The van der Waals surface area contributed by atoms with Crippen LogP contribution in [-0.4, -0.2) is 45.8 Å². The van der Waals surface area contributed by atoms with Crippen molar-refractivity contribution in [2.24, 2.45) is 0 Å². The molecule has 3 rings (SSSR count). The standard InChI is InChI=1S/C17H19FN4O2S2/c1-11(23)22(14-7-8-14)16-19-20-17(26-16)25-10-15(24)21(2)9-12-3-5-13(18)6-4-12/h3-6,14H,7-10H2,1-2H3. The van der Waals surface area contributed by atoms with Crippen LogP contribution < -0.4 is 4.90 Å². The van der Waals surface area contributed by atoms with Gasteiger partial charge in [0, 0.05) is 26.6 Å². The summed E-state index contributed by atoms with van der Waals surface area (Å²) in [4.78, 5) is 27.3. The Hall–Kier alpha value is -2.00. The quantitative estimate of drug-likeness (QED) is 0.534. The highest BCUT2D eigenvalue weighted by Crippen LogP contribution is 2.35. The number of halogens is 1. The predicted octanol–water partition coefficient (Wildman–Crippen LogP) is 2.94. The molecule has 0 radical (unpaired) electrons. The lowest BCUT2D eigenvalue weighted by molar-refractivity contribution is -0.127. The van der Waals surface area contributed by atoms with Gasteiger partial charge in [0.1, 0.15) is 5.82 Å². The fraction of sp³-hybridized carbons (Fsp3) is 0.412. The minimum atomic E-state index is -0.295. The van der Waals surface area contributed by atoms with Gasteiger partial charge in [0.25, 0.3) is 0 Å². The summed E-state index contributed by atoms with van der Waals surface area (Å²) in [5.41, 5.74) is 0.868. The predicted molar refractivity (Wildman–Crippen MR) is 99.7 cm³/mol. The van der Waals surface area contributed by atoms with Crippen molar-refractivity contribution in [2.75, 3.05) is 17.7 Å². The average Bonchev–Trinajstić information content (AvgIpc) is 3.32. The first kappa shape index (κ1) is 18.8. The molecule has 1 aliphatic carbocycles. The van der Waals surface area contributed by atoms with Crippen LogP contribution >= 0.6 is 23.1 Å². The number of hydrogen-bond donors (Lipinski definition) is 0. The summed E-state index contributed by atoms with van der Waals surface area (Å²) in [5.74, 6) is -0.149. The molecule has 0 aliphatic heterocycles. The maximum absolute atomic E-state index is 12.9. The van der Waals surface area contributed by atoms with E-state index in [0.717, 1.165) is 18.4 Å². The van der Waals surface area contributed by atoms with Gasteiger partial charge >= 0.3 is 0 Å². The van der Waals surface area contributed by atoms with Crippen molar-refractivity contribution >= 4 is 40.0 Å². The molecular weight excluding hydrogens is 375 g/mol. The van der Waals surface area contributed by atoms with Gasteiger partial charge in [0.05, 0.1) is 5.75 Å². The number of rotatable bonds is 7. The SMILES string of the molecule is CC(=O)N(c1nnc(SCC(=O)N(C)Cc2ccc(F)cc2)s1)C1CC1. The van der Waals surface area contributed by atoms with E-state index in [4.69, 9.17) is 0 Å². The molecule has 0 N–H and O–H groups in total. The van der Waals surface area contributed by atoms with Gasteiger partial charge in [-0.25, -0.2) is 4.39 Å². The maximum atomic E-state index is 12.9. The van der Waals surface area contributed by atoms with Crippen molar-refractivity contribution in [2.45, 2.75) is 36.7 Å². The summed E-state index contributed by atoms with van der Waals surface area (Å²) < 4.78 is 13.6. The van der Waals surface area contributed by atoms with E-state index < -0.39 is 0 Å². The van der Waals surface area contributed by atoms with Gasteiger partial charge in [-0.1, -0.05) is 35.2 Å². The van der Waals surface area contributed by atoms with Gasteiger partial charge in [-0.05, 0) is 30.5 Å². The minimum Gasteiger partial charge on any atom is -0.341 e. The molecule has 6 nitrogen and oxygen atoms in total. The summed E-state index contributed by atoms with van der Waals surface area (Å²) in [7, 11) is 1.71. The van der Waals surface area contributed by atoms with Crippen LogP contribution in [0.5, 0.6) is 0 Å². The second-order valence-corrected chi connectivity index (χ2v) is 8.31. The van der Waals surface area contributed by atoms with Crippen LogP contribution in [0.1, 0.15) is 25.3 Å². The molecule has 0 unspecified atom stereocenters. The van der Waals surface area contributed by atoms with Crippen LogP contribution in [0.2, 0.25) is 0 Å². The topological polar surface area (TPSA) is 66.4 Å². The van der Waals surface area contributed by atoms with Crippen molar-refractivity contribution in [3.8, 4) is 0 Å². The van der Waals surface area contributed by atoms with Gasteiger partial charge in [0.15, 0.2) is 4.34 Å². The van der Waals surface area contributed by atoms with Gasteiger partial charge < -0.3 is 4.90 Å². The Morgan fingerprint density at radius 2 is 1.96 bits per heavy atom. The highest BCUT2D eigenvalue weighted by molar-refractivity contribution is 8.01. The molecule has 1 aromatic carbocycles.